The van der Waals surface area contributed by atoms with Gasteiger partial charge >= 0.3 is 11.8 Å². The van der Waals surface area contributed by atoms with Crippen molar-refractivity contribution in [1.82, 2.24) is 10.6 Å². The number of nitrogens with one attached hydrogen (secondary N) is 3. The first-order valence-corrected chi connectivity index (χ1v) is 9.61. The molecule has 3 amide bonds. The van der Waals surface area contributed by atoms with E-state index in [0.29, 0.717) is 17.8 Å². The van der Waals surface area contributed by atoms with E-state index in [4.69, 9.17) is 0 Å². The van der Waals surface area contributed by atoms with E-state index in [1.54, 1.807) is 24.3 Å². The zero-order valence-electron chi connectivity index (χ0n) is 15.5. The van der Waals surface area contributed by atoms with Gasteiger partial charge in [0.2, 0.25) is 0 Å². The van der Waals surface area contributed by atoms with Gasteiger partial charge in [0, 0.05) is 12.6 Å². The molecular weight excluding hydrogens is 330 g/mol. The van der Waals surface area contributed by atoms with E-state index in [-0.39, 0.29) is 11.9 Å². The van der Waals surface area contributed by atoms with E-state index in [9.17, 15) is 14.4 Å². The topological polar surface area (TPSA) is 87.3 Å². The van der Waals surface area contributed by atoms with Gasteiger partial charge in [-0.2, -0.15) is 0 Å². The summed E-state index contributed by atoms with van der Waals surface area (Å²) in [4.78, 5) is 36.5. The molecule has 0 atom stereocenters. The van der Waals surface area contributed by atoms with Crippen molar-refractivity contribution in [2.45, 2.75) is 64.3 Å². The van der Waals surface area contributed by atoms with Crippen LogP contribution in [0, 0.1) is 0 Å². The molecule has 2 rings (SSSR count). The molecule has 0 aromatic heterocycles. The van der Waals surface area contributed by atoms with Crippen LogP contribution < -0.4 is 16.0 Å². The highest BCUT2D eigenvalue weighted by Gasteiger charge is 2.21. The van der Waals surface area contributed by atoms with Crippen LogP contribution in [-0.4, -0.2) is 30.3 Å². The molecule has 1 aliphatic carbocycles. The number of amides is 3. The molecule has 0 heterocycles. The van der Waals surface area contributed by atoms with Crippen molar-refractivity contribution in [3.05, 3.63) is 29.8 Å². The Bertz CT molecular complexity index is 624. The number of unbranched alkanes of at least 4 members (excludes halogenated alkanes) is 3. The van der Waals surface area contributed by atoms with Crippen LogP contribution in [0.2, 0.25) is 0 Å². The number of rotatable bonds is 8. The largest absolute Gasteiger partial charge is 0.349 e. The Balaban J connectivity index is 1.88. The van der Waals surface area contributed by atoms with Crippen molar-refractivity contribution in [3.63, 3.8) is 0 Å². The predicted molar refractivity (Wildman–Crippen MR) is 102 cm³/mol. The first-order chi connectivity index (χ1) is 12.6. The van der Waals surface area contributed by atoms with Gasteiger partial charge in [-0.05, 0) is 31.4 Å². The van der Waals surface area contributed by atoms with Gasteiger partial charge in [-0.3, -0.25) is 14.4 Å². The Morgan fingerprint density at radius 2 is 1.73 bits per heavy atom. The van der Waals surface area contributed by atoms with E-state index in [1.165, 1.54) is 0 Å². The molecule has 0 aliphatic heterocycles. The van der Waals surface area contributed by atoms with Gasteiger partial charge in [0.05, 0.1) is 11.3 Å². The Kier molecular flexibility index (Phi) is 8.12. The fourth-order valence-electron chi connectivity index (χ4n) is 3.14. The molecular formula is C20H29N3O3. The molecule has 1 saturated carbocycles. The summed E-state index contributed by atoms with van der Waals surface area (Å²) in [5.74, 6) is -1.64. The second kappa shape index (κ2) is 10.6. The van der Waals surface area contributed by atoms with Crippen molar-refractivity contribution < 1.29 is 14.4 Å². The molecule has 26 heavy (non-hydrogen) atoms. The highest BCUT2D eigenvalue weighted by molar-refractivity contribution is 6.40. The summed E-state index contributed by atoms with van der Waals surface area (Å²) in [5.41, 5.74) is 0.734. The van der Waals surface area contributed by atoms with E-state index in [2.05, 4.69) is 22.9 Å². The van der Waals surface area contributed by atoms with Gasteiger partial charge in [0.15, 0.2) is 0 Å². The molecule has 1 fully saturated rings. The molecule has 0 radical (unpaired) electrons. The van der Waals surface area contributed by atoms with Gasteiger partial charge in [0.25, 0.3) is 5.91 Å². The second-order valence-electron chi connectivity index (χ2n) is 6.77. The standard InChI is InChI=1S/C20H29N3O3/c1-2-3-4-9-14-21-19(25)20(26)23-17-13-8-7-12-16(17)18(24)22-15-10-5-6-11-15/h7-8,12-13,15H,2-6,9-11,14H2,1H3,(H,21,25)(H,22,24)(H,23,26). The van der Waals surface area contributed by atoms with Crippen molar-refractivity contribution in [2.75, 3.05) is 11.9 Å². The molecule has 3 N–H and O–H groups in total. The lowest BCUT2D eigenvalue weighted by Crippen LogP contribution is -2.37. The van der Waals surface area contributed by atoms with Gasteiger partial charge in [-0.25, -0.2) is 0 Å². The van der Waals surface area contributed by atoms with Gasteiger partial charge in [-0.1, -0.05) is 51.2 Å². The van der Waals surface area contributed by atoms with Crippen LogP contribution >= 0.6 is 0 Å². The minimum Gasteiger partial charge on any atom is -0.349 e. The first-order valence-electron chi connectivity index (χ1n) is 9.61. The fraction of sp³-hybridized carbons (Fsp3) is 0.550. The van der Waals surface area contributed by atoms with Crippen LogP contribution in [0.15, 0.2) is 24.3 Å². The van der Waals surface area contributed by atoms with E-state index >= 15 is 0 Å². The Morgan fingerprint density at radius 1 is 1.00 bits per heavy atom. The predicted octanol–water partition coefficient (Wildman–Crippen LogP) is 2.99. The minimum absolute atomic E-state index is 0.192. The third kappa shape index (κ3) is 6.17. The first kappa shape index (κ1) is 19.9. The number of para-hydroxylation sites is 1. The molecule has 1 aromatic carbocycles. The summed E-state index contributed by atoms with van der Waals surface area (Å²) in [6, 6.07) is 6.95. The van der Waals surface area contributed by atoms with Gasteiger partial charge in [-0.15, -0.1) is 0 Å². The summed E-state index contributed by atoms with van der Waals surface area (Å²) in [5, 5.41) is 8.17. The quantitative estimate of drug-likeness (QED) is 0.492. The number of anilines is 1. The van der Waals surface area contributed by atoms with Crippen molar-refractivity contribution in [3.8, 4) is 0 Å². The van der Waals surface area contributed by atoms with Crippen molar-refractivity contribution in [1.29, 1.82) is 0 Å². The molecule has 0 unspecified atom stereocenters. The summed E-state index contributed by atoms with van der Waals surface area (Å²) in [6.07, 6.45) is 8.35. The van der Waals surface area contributed by atoms with Crippen molar-refractivity contribution in [2.24, 2.45) is 0 Å². The normalized spacial score (nSPS) is 14.0. The third-order valence-electron chi connectivity index (χ3n) is 4.63. The van der Waals surface area contributed by atoms with Crippen LogP contribution in [-0.2, 0) is 9.59 Å². The molecule has 0 saturated heterocycles. The maximum absolute atomic E-state index is 12.5. The maximum Gasteiger partial charge on any atom is 0.313 e. The number of carbonyl (C=O) groups is 3. The zero-order chi connectivity index (χ0) is 18.8. The molecule has 6 heteroatoms. The fourth-order valence-corrected chi connectivity index (χ4v) is 3.14. The van der Waals surface area contributed by atoms with Gasteiger partial charge < -0.3 is 16.0 Å². The number of benzene rings is 1. The molecule has 0 bridgehead atoms. The summed E-state index contributed by atoms with van der Waals surface area (Å²) in [6.45, 7) is 2.60. The Hall–Kier alpha value is -2.37. The van der Waals surface area contributed by atoms with Crippen LogP contribution in [0.5, 0.6) is 0 Å². The second-order valence-corrected chi connectivity index (χ2v) is 6.77. The molecule has 1 aromatic rings. The van der Waals surface area contributed by atoms with E-state index in [1.807, 2.05) is 0 Å². The van der Waals surface area contributed by atoms with Crippen LogP contribution in [0.1, 0.15) is 68.6 Å². The Morgan fingerprint density at radius 3 is 2.46 bits per heavy atom. The lowest BCUT2D eigenvalue weighted by Gasteiger charge is -2.15. The average Bonchev–Trinajstić information content (AvgIpc) is 3.14. The summed E-state index contributed by atoms with van der Waals surface area (Å²) < 4.78 is 0. The zero-order valence-corrected chi connectivity index (χ0v) is 15.5. The van der Waals surface area contributed by atoms with E-state index < -0.39 is 11.8 Å². The number of hydrogen-bond donors (Lipinski definition) is 3. The number of hydrogen-bond acceptors (Lipinski definition) is 3. The molecule has 1 aliphatic rings. The smallest absolute Gasteiger partial charge is 0.313 e. The monoisotopic (exact) mass is 359 g/mol. The van der Waals surface area contributed by atoms with Crippen LogP contribution in [0.25, 0.3) is 0 Å². The average molecular weight is 359 g/mol. The summed E-state index contributed by atoms with van der Waals surface area (Å²) >= 11 is 0. The van der Waals surface area contributed by atoms with Crippen molar-refractivity contribution >= 4 is 23.4 Å². The third-order valence-corrected chi connectivity index (χ3v) is 4.63. The molecule has 6 nitrogen and oxygen atoms in total. The lowest BCUT2D eigenvalue weighted by atomic mass is 10.1. The van der Waals surface area contributed by atoms with Crippen LogP contribution in [0.4, 0.5) is 5.69 Å². The number of carbonyl (C=O) groups excluding carboxylic acids is 3. The lowest BCUT2D eigenvalue weighted by molar-refractivity contribution is -0.136. The SMILES string of the molecule is CCCCCCNC(=O)C(=O)Nc1ccccc1C(=O)NC1CCCC1. The van der Waals surface area contributed by atoms with Crippen LogP contribution in [0.3, 0.4) is 0 Å². The molecule has 0 spiro atoms. The Labute approximate surface area is 155 Å². The minimum atomic E-state index is -0.749. The van der Waals surface area contributed by atoms with E-state index in [0.717, 1.165) is 51.4 Å². The highest BCUT2D eigenvalue weighted by atomic mass is 16.2. The maximum atomic E-state index is 12.5. The highest BCUT2D eigenvalue weighted by Crippen LogP contribution is 2.20. The van der Waals surface area contributed by atoms with Gasteiger partial charge in [0.1, 0.15) is 0 Å². The summed E-state index contributed by atoms with van der Waals surface area (Å²) in [7, 11) is 0. The molecule has 142 valence electrons.